The fourth-order valence-electron chi connectivity index (χ4n) is 3.45. The molecule has 0 spiro atoms. The quantitative estimate of drug-likeness (QED) is 0.834. The molecule has 2 fully saturated rings. The Kier molecular flexibility index (Phi) is 5.87. The average molecular weight is 322 g/mol. The average Bonchev–Trinajstić information content (AvgIpc) is 3.08. The van der Waals surface area contributed by atoms with E-state index in [4.69, 9.17) is 4.74 Å². The van der Waals surface area contributed by atoms with E-state index < -0.39 is 0 Å². The largest absolute Gasteiger partial charge is 0.378 e. The molecule has 2 aliphatic rings. The number of nitrogens with zero attached hydrogens (tertiary/aromatic N) is 2. The summed E-state index contributed by atoms with van der Waals surface area (Å²) in [7, 11) is 0. The van der Waals surface area contributed by atoms with Crippen LogP contribution in [-0.2, 0) is 16.0 Å². The molecule has 1 aromatic heterocycles. The molecule has 0 bridgehead atoms. The summed E-state index contributed by atoms with van der Waals surface area (Å²) in [6.45, 7) is 4.56. The van der Waals surface area contributed by atoms with Crippen molar-refractivity contribution in [1.82, 2.24) is 9.80 Å². The third-order valence-electron chi connectivity index (χ3n) is 4.76. The lowest BCUT2D eigenvalue weighted by Gasteiger charge is -2.37. The van der Waals surface area contributed by atoms with E-state index in [2.05, 4.69) is 22.4 Å². The molecule has 1 aromatic rings. The molecule has 0 aliphatic carbocycles. The second-order valence-corrected chi connectivity index (χ2v) is 7.26. The van der Waals surface area contributed by atoms with Crippen LogP contribution in [0.1, 0.15) is 30.6 Å². The highest BCUT2D eigenvalue weighted by Crippen LogP contribution is 2.22. The van der Waals surface area contributed by atoms with Crippen LogP contribution < -0.4 is 0 Å². The van der Waals surface area contributed by atoms with Crippen molar-refractivity contribution in [3.63, 3.8) is 0 Å². The molecule has 0 aromatic carbocycles. The summed E-state index contributed by atoms with van der Waals surface area (Å²) < 4.78 is 5.33. The van der Waals surface area contributed by atoms with Crippen molar-refractivity contribution < 1.29 is 9.53 Å². The Balaban J connectivity index is 1.51. The summed E-state index contributed by atoms with van der Waals surface area (Å²) in [5, 5.41) is 2.15. The van der Waals surface area contributed by atoms with Crippen molar-refractivity contribution in [3.8, 4) is 0 Å². The van der Waals surface area contributed by atoms with Crippen LogP contribution in [0.3, 0.4) is 0 Å². The van der Waals surface area contributed by atoms with E-state index in [1.807, 2.05) is 16.2 Å². The minimum absolute atomic E-state index is 0.284. The molecule has 2 aliphatic heterocycles. The number of morpholine rings is 1. The number of piperidine rings is 1. The maximum absolute atomic E-state index is 12.5. The van der Waals surface area contributed by atoms with E-state index in [9.17, 15) is 4.79 Å². The van der Waals surface area contributed by atoms with Crippen molar-refractivity contribution in [2.45, 2.75) is 38.1 Å². The van der Waals surface area contributed by atoms with Gasteiger partial charge in [-0.05, 0) is 43.7 Å². The number of thiophene rings is 1. The summed E-state index contributed by atoms with van der Waals surface area (Å²) >= 11 is 1.84. The lowest BCUT2D eigenvalue weighted by atomic mass is 9.97. The number of rotatable bonds is 5. The van der Waals surface area contributed by atoms with Gasteiger partial charge in [0.25, 0.3) is 0 Å². The van der Waals surface area contributed by atoms with Gasteiger partial charge >= 0.3 is 0 Å². The monoisotopic (exact) mass is 322 g/mol. The van der Waals surface area contributed by atoms with Crippen molar-refractivity contribution in [2.24, 2.45) is 0 Å². The fourth-order valence-corrected chi connectivity index (χ4v) is 4.17. The molecule has 5 heteroatoms. The number of carbonyl (C=O) groups excluding carboxylic acids is 1. The zero-order valence-electron chi connectivity index (χ0n) is 13.2. The van der Waals surface area contributed by atoms with Crippen LogP contribution in [0.5, 0.6) is 0 Å². The highest BCUT2D eigenvalue weighted by molar-refractivity contribution is 7.09. The summed E-state index contributed by atoms with van der Waals surface area (Å²) in [4.78, 5) is 18.3. The first-order chi connectivity index (χ1) is 10.8. The Hall–Kier alpha value is -0.910. The number of amides is 1. The maximum Gasteiger partial charge on any atom is 0.236 e. The van der Waals surface area contributed by atoms with Gasteiger partial charge in [0, 0.05) is 24.0 Å². The molecule has 1 atom stereocenters. The fraction of sp³-hybridized carbons (Fsp3) is 0.706. The number of likely N-dealkylation sites (tertiary alicyclic amines) is 1. The van der Waals surface area contributed by atoms with Crippen molar-refractivity contribution in [2.75, 3.05) is 39.4 Å². The van der Waals surface area contributed by atoms with Crippen LogP contribution in [0.2, 0.25) is 0 Å². The zero-order chi connectivity index (χ0) is 15.2. The number of ether oxygens (including phenoxy) is 1. The number of carbonyl (C=O) groups is 1. The molecular formula is C17H26N2O2S. The molecule has 122 valence electrons. The van der Waals surface area contributed by atoms with E-state index in [1.54, 1.807) is 0 Å². The lowest BCUT2D eigenvalue weighted by molar-refractivity contribution is -0.137. The van der Waals surface area contributed by atoms with E-state index in [0.29, 0.717) is 25.8 Å². The molecule has 3 rings (SSSR count). The van der Waals surface area contributed by atoms with Gasteiger partial charge < -0.3 is 9.64 Å². The first kappa shape index (κ1) is 16.0. The van der Waals surface area contributed by atoms with Crippen LogP contribution >= 0.6 is 11.3 Å². The normalized spacial score (nSPS) is 23.6. The standard InChI is InChI=1S/C17H26N2O2S/c20-17(18-9-11-21-12-10-18)14-19-8-2-1-4-15(19)6-7-16-5-3-13-22-16/h3,5,13,15H,1-2,4,6-12,14H2/t15-/m0/s1. The van der Waals surface area contributed by atoms with Crippen LogP contribution in [-0.4, -0.2) is 61.1 Å². The Bertz CT molecular complexity index is 457. The van der Waals surface area contributed by atoms with Gasteiger partial charge in [0.2, 0.25) is 5.91 Å². The number of aryl methyl sites for hydroxylation is 1. The van der Waals surface area contributed by atoms with E-state index in [-0.39, 0.29) is 5.91 Å². The topological polar surface area (TPSA) is 32.8 Å². The van der Waals surface area contributed by atoms with Crippen LogP contribution in [0.25, 0.3) is 0 Å². The molecular weight excluding hydrogens is 296 g/mol. The molecule has 0 saturated carbocycles. The number of hydrogen-bond acceptors (Lipinski definition) is 4. The van der Waals surface area contributed by atoms with Gasteiger partial charge in [0.15, 0.2) is 0 Å². The van der Waals surface area contributed by atoms with Gasteiger partial charge in [0.1, 0.15) is 0 Å². The Labute approximate surface area is 137 Å². The van der Waals surface area contributed by atoms with Gasteiger partial charge in [0.05, 0.1) is 19.8 Å². The van der Waals surface area contributed by atoms with Gasteiger partial charge in [-0.1, -0.05) is 12.5 Å². The highest BCUT2D eigenvalue weighted by atomic mass is 32.1. The summed E-state index contributed by atoms with van der Waals surface area (Å²) in [6, 6.07) is 4.91. The predicted octanol–water partition coefficient (Wildman–Crippen LogP) is 2.39. The summed E-state index contributed by atoms with van der Waals surface area (Å²) in [6.07, 6.45) is 6.09. The van der Waals surface area contributed by atoms with Crippen molar-refractivity contribution in [3.05, 3.63) is 22.4 Å². The second kappa shape index (κ2) is 8.09. The zero-order valence-corrected chi connectivity index (χ0v) is 14.0. The molecule has 0 N–H and O–H groups in total. The van der Waals surface area contributed by atoms with Crippen molar-refractivity contribution in [1.29, 1.82) is 0 Å². The molecule has 3 heterocycles. The Morgan fingerprint density at radius 3 is 2.91 bits per heavy atom. The van der Waals surface area contributed by atoms with E-state index >= 15 is 0 Å². The van der Waals surface area contributed by atoms with Crippen LogP contribution in [0.15, 0.2) is 17.5 Å². The van der Waals surface area contributed by atoms with Gasteiger partial charge in [-0.3, -0.25) is 9.69 Å². The third-order valence-corrected chi connectivity index (χ3v) is 5.69. The molecule has 2 saturated heterocycles. The Morgan fingerprint density at radius 1 is 1.27 bits per heavy atom. The van der Waals surface area contributed by atoms with E-state index in [1.165, 1.54) is 30.6 Å². The van der Waals surface area contributed by atoms with Crippen molar-refractivity contribution >= 4 is 17.2 Å². The second-order valence-electron chi connectivity index (χ2n) is 6.23. The van der Waals surface area contributed by atoms with Crippen LogP contribution in [0, 0.1) is 0 Å². The molecule has 22 heavy (non-hydrogen) atoms. The SMILES string of the molecule is O=C(CN1CCCC[C@H]1CCc1cccs1)N1CCOCC1. The minimum atomic E-state index is 0.284. The first-order valence-electron chi connectivity index (χ1n) is 8.45. The highest BCUT2D eigenvalue weighted by Gasteiger charge is 2.26. The van der Waals surface area contributed by atoms with Crippen LogP contribution in [0.4, 0.5) is 0 Å². The smallest absolute Gasteiger partial charge is 0.236 e. The van der Waals surface area contributed by atoms with Gasteiger partial charge in [-0.25, -0.2) is 0 Å². The maximum atomic E-state index is 12.5. The molecule has 4 nitrogen and oxygen atoms in total. The van der Waals surface area contributed by atoms with Gasteiger partial charge in [-0.15, -0.1) is 11.3 Å². The third kappa shape index (κ3) is 4.31. The number of hydrogen-bond donors (Lipinski definition) is 0. The summed E-state index contributed by atoms with van der Waals surface area (Å²) in [5.41, 5.74) is 0. The molecule has 0 unspecified atom stereocenters. The minimum Gasteiger partial charge on any atom is -0.378 e. The summed E-state index contributed by atoms with van der Waals surface area (Å²) in [5.74, 6) is 0.284. The molecule has 1 amide bonds. The van der Waals surface area contributed by atoms with E-state index in [0.717, 1.165) is 26.1 Å². The Morgan fingerprint density at radius 2 is 2.14 bits per heavy atom. The predicted molar refractivity (Wildman–Crippen MR) is 89.3 cm³/mol. The van der Waals surface area contributed by atoms with Gasteiger partial charge in [-0.2, -0.15) is 0 Å². The molecule has 0 radical (unpaired) electrons. The lowest BCUT2D eigenvalue weighted by Crippen LogP contribution is -2.49. The first-order valence-corrected chi connectivity index (χ1v) is 9.33.